The average molecular weight is 604 g/mol. The number of rotatable bonds is 6. The van der Waals surface area contributed by atoms with Gasteiger partial charge in [0.05, 0.1) is 6.17 Å². The lowest BCUT2D eigenvalue weighted by atomic mass is 9.74. The third kappa shape index (κ3) is 4.83. The maximum absolute atomic E-state index is 11.6. The van der Waals surface area contributed by atoms with E-state index in [1.807, 2.05) is 60.8 Å². The molecule has 0 radical (unpaired) electrons. The number of nitrogens with two attached hydrogens (primary N) is 1. The van der Waals surface area contributed by atoms with Gasteiger partial charge in [0, 0.05) is 28.7 Å². The second-order valence-electron chi connectivity index (χ2n) is 13.1. The molecule has 3 aliphatic carbocycles. The monoisotopic (exact) mass is 604 g/mol. The van der Waals surface area contributed by atoms with Crippen molar-refractivity contribution in [1.82, 2.24) is 5.32 Å². The van der Waals surface area contributed by atoms with Crippen LogP contribution in [0.25, 0.3) is 22.3 Å². The third-order valence-corrected chi connectivity index (χ3v) is 10.5. The van der Waals surface area contributed by atoms with Crippen LogP contribution in [0.4, 0.5) is 0 Å². The van der Waals surface area contributed by atoms with Crippen molar-refractivity contribution < 1.29 is 15.3 Å². The molecule has 46 heavy (non-hydrogen) atoms. The van der Waals surface area contributed by atoms with Crippen LogP contribution in [0.3, 0.4) is 0 Å². The molecule has 7 rings (SSSR count). The first-order valence-electron chi connectivity index (χ1n) is 16.3. The minimum atomic E-state index is -0.471. The van der Waals surface area contributed by atoms with Gasteiger partial charge in [-0.1, -0.05) is 89.8 Å². The molecule has 6 N–H and O–H groups in total. The Balaban J connectivity index is 1.18. The highest BCUT2D eigenvalue weighted by molar-refractivity contribution is 6.46. The van der Waals surface area contributed by atoms with Crippen molar-refractivity contribution >= 4 is 39.9 Å². The first kappa shape index (κ1) is 30.3. The zero-order valence-corrected chi connectivity index (χ0v) is 27.0. The van der Waals surface area contributed by atoms with Gasteiger partial charge < -0.3 is 21.1 Å². The molecule has 0 aliphatic heterocycles. The average Bonchev–Trinajstić information content (AvgIpc) is 3.49. The maximum atomic E-state index is 11.6. The van der Waals surface area contributed by atoms with Crippen LogP contribution in [0.2, 0.25) is 0 Å². The van der Waals surface area contributed by atoms with Crippen LogP contribution in [-0.4, -0.2) is 38.9 Å². The minimum Gasteiger partial charge on any atom is -0.508 e. The van der Waals surface area contributed by atoms with Crippen molar-refractivity contribution in [2.45, 2.75) is 50.7 Å². The normalized spacial score (nSPS) is 17.8. The molecule has 0 bridgehead atoms. The highest BCUT2D eigenvalue weighted by Crippen LogP contribution is 2.48. The zero-order valence-electron chi connectivity index (χ0n) is 27.0. The van der Waals surface area contributed by atoms with Crippen LogP contribution in [-0.2, 0) is 6.42 Å². The molecule has 0 spiro atoms. The van der Waals surface area contributed by atoms with E-state index in [1.54, 1.807) is 0 Å². The van der Waals surface area contributed by atoms with Crippen LogP contribution in [0, 0.1) is 0 Å². The van der Waals surface area contributed by atoms with Gasteiger partial charge in [-0.05, 0) is 82.6 Å². The molecule has 4 aromatic carbocycles. The Morgan fingerprint density at radius 3 is 2.24 bits per heavy atom. The minimum absolute atomic E-state index is 0.125. The predicted octanol–water partition coefficient (Wildman–Crippen LogP) is 2.82. The molecule has 3 aliphatic rings. The fourth-order valence-electron chi connectivity index (χ4n) is 8.07. The van der Waals surface area contributed by atoms with Gasteiger partial charge in [-0.2, -0.15) is 0 Å². The number of allylic oxidation sites excluding steroid dienone is 6. The quantitative estimate of drug-likeness (QED) is 0.117. The molecule has 5 nitrogen and oxygen atoms in total. The summed E-state index contributed by atoms with van der Waals surface area (Å²) in [6.07, 6.45) is 12.5. The number of hydrogen-bond acceptors (Lipinski definition) is 5. The van der Waals surface area contributed by atoms with Gasteiger partial charge in [-0.25, -0.2) is 0 Å². The zero-order chi connectivity index (χ0) is 32.3. The van der Waals surface area contributed by atoms with E-state index in [4.69, 9.17) is 5.73 Å². The first-order chi connectivity index (χ1) is 22.2. The molecule has 8 heteroatoms. The van der Waals surface area contributed by atoms with Gasteiger partial charge in [0.1, 0.15) is 29.3 Å². The van der Waals surface area contributed by atoms with Gasteiger partial charge in [0.15, 0.2) is 11.5 Å². The number of nitrogens with one attached hydrogen (secondary N) is 1. The lowest BCUT2D eigenvalue weighted by molar-refractivity contribution is 0.389. The van der Waals surface area contributed by atoms with E-state index < -0.39 is 6.17 Å². The fraction of sp³-hybridized carbons (Fsp3) is 0.211. The van der Waals surface area contributed by atoms with E-state index in [2.05, 4.69) is 53.9 Å². The number of benzene rings is 4. The van der Waals surface area contributed by atoms with E-state index in [0.717, 1.165) is 69.0 Å². The molecule has 0 amide bonds. The van der Waals surface area contributed by atoms with Crippen LogP contribution in [0.1, 0.15) is 72.1 Å². The summed E-state index contributed by atoms with van der Waals surface area (Å²) in [6.45, 7) is 1.97. The van der Waals surface area contributed by atoms with Crippen LogP contribution in [0.15, 0.2) is 90.0 Å². The van der Waals surface area contributed by atoms with E-state index in [9.17, 15) is 15.3 Å². The molecular formula is C38H39B3N2O3. The van der Waals surface area contributed by atoms with Crippen molar-refractivity contribution in [2.24, 2.45) is 5.73 Å². The number of aromatic hydroxyl groups is 3. The lowest BCUT2D eigenvalue weighted by Gasteiger charge is -2.27. The Kier molecular flexibility index (Phi) is 7.74. The molecule has 4 aromatic rings. The van der Waals surface area contributed by atoms with Gasteiger partial charge in [-0.15, -0.1) is 0 Å². The Bertz CT molecular complexity index is 1970. The van der Waals surface area contributed by atoms with E-state index in [-0.39, 0.29) is 23.3 Å². The van der Waals surface area contributed by atoms with Crippen molar-refractivity contribution in [3.63, 3.8) is 0 Å². The molecule has 228 valence electrons. The topological polar surface area (TPSA) is 98.7 Å². The van der Waals surface area contributed by atoms with Crippen molar-refractivity contribution in [1.29, 1.82) is 0 Å². The standard InChI is InChI=1S/C38H39B3N2O3/c1-19(43-38(42)23-16-14-21(15-17-23)25-13-7-11-20-8-5-6-12-24(20)25)28-32(39)27-18-26-30(31(27)37(46)36(28)45)34(41)29(35(44)33(26)40)22-9-3-2-4-10-22/h2-4,6-7,9-12,14-17,19,25,38,43-46H,5,8,13,18,39-42H2,1H3. The summed E-state index contributed by atoms with van der Waals surface area (Å²) >= 11 is 0. The van der Waals surface area contributed by atoms with Crippen LogP contribution >= 0.6 is 0 Å². The van der Waals surface area contributed by atoms with Gasteiger partial charge in [-0.3, -0.25) is 5.32 Å². The van der Waals surface area contributed by atoms with E-state index in [1.165, 1.54) is 16.7 Å². The molecule has 0 fully saturated rings. The molecule has 3 atom stereocenters. The Hall–Kier alpha value is -4.39. The van der Waals surface area contributed by atoms with Crippen LogP contribution in [0.5, 0.6) is 17.2 Å². The molecule has 3 unspecified atom stereocenters. The summed E-state index contributed by atoms with van der Waals surface area (Å²) in [7, 11) is 5.91. The summed E-state index contributed by atoms with van der Waals surface area (Å²) in [4.78, 5) is 0. The summed E-state index contributed by atoms with van der Waals surface area (Å²) in [6, 6.07) is 18.0. The lowest BCUT2D eigenvalue weighted by Crippen LogP contribution is -2.34. The maximum Gasteiger partial charge on any atom is 0.166 e. The number of phenolic OH excluding ortho intramolecular Hbond substituents is 3. The smallest absolute Gasteiger partial charge is 0.166 e. The van der Waals surface area contributed by atoms with Crippen molar-refractivity contribution in [3.8, 4) is 39.5 Å². The Labute approximate surface area is 273 Å². The molecule has 0 aromatic heterocycles. The summed E-state index contributed by atoms with van der Waals surface area (Å²) in [5, 5.41) is 37.9. The Morgan fingerprint density at radius 1 is 0.783 bits per heavy atom. The summed E-state index contributed by atoms with van der Waals surface area (Å²) in [5.74, 6) is 0.370. The summed E-state index contributed by atoms with van der Waals surface area (Å²) < 4.78 is 0. The Morgan fingerprint density at radius 2 is 1.50 bits per heavy atom. The van der Waals surface area contributed by atoms with E-state index in [0.29, 0.717) is 23.5 Å². The molecule has 0 saturated carbocycles. The van der Waals surface area contributed by atoms with Gasteiger partial charge in [0.2, 0.25) is 0 Å². The first-order valence-corrected chi connectivity index (χ1v) is 16.3. The van der Waals surface area contributed by atoms with Crippen molar-refractivity contribution in [2.75, 3.05) is 0 Å². The third-order valence-electron chi connectivity index (χ3n) is 10.5. The van der Waals surface area contributed by atoms with E-state index >= 15 is 0 Å². The summed E-state index contributed by atoms with van der Waals surface area (Å²) in [5.41, 5.74) is 20.2. The molecular weight excluding hydrogens is 565 g/mol. The second-order valence-corrected chi connectivity index (χ2v) is 13.1. The number of fused-ring (bicyclic) bond motifs is 3. The highest BCUT2D eigenvalue weighted by Gasteiger charge is 2.34. The number of hydrogen-bond donors (Lipinski definition) is 5. The van der Waals surface area contributed by atoms with Gasteiger partial charge in [0.25, 0.3) is 0 Å². The van der Waals surface area contributed by atoms with Crippen LogP contribution < -0.4 is 27.4 Å². The number of phenols is 3. The molecule has 0 saturated heterocycles. The SMILES string of the molecule is Bc1c(O)c(-c2ccccc2)c(B)c2c1Cc1c(B)c(C(C)NC(N)c3ccc(C4CC=CC5=C4C=CCC5)cc3)c(O)c(O)c1-2. The van der Waals surface area contributed by atoms with Gasteiger partial charge >= 0.3 is 0 Å². The predicted molar refractivity (Wildman–Crippen MR) is 196 cm³/mol. The van der Waals surface area contributed by atoms with Crippen molar-refractivity contribution in [3.05, 3.63) is 118 Å². The largest absolute Gasteiger partial charge is 0.508 e. The second kappa shape index (κ2) is 11.8. The fourth-order valence-corrected chi connectivity index (χ4v) is 8.07. The highest BCUT2D eigenvalue weighted by atomic mass is 16.3. The molecule has 0 heterocycles.